The molecule has 0 spiro atoms. The third kappa shape index (κ3) is 1.76. The van der Waals surface area contributed by atoms with Gasteiger partial charge in [0.1, 0.15) is 5.69 Å². The maximum Gasteiger partial charge on any atom is 0.270 e. The van der Waals surface area contributed by atoms with Crippen molar-refractivity contribution in [2.75, 3.05) is 13.1 Å². The van der Waals surface area contributed by atoms with Crippen molar-refractivity contribution in [3.63, 3.8) is 0 Å². The molecule has 5 heteroatoms. The van der Waals surface area contributed by atoms with Crippen LogP contribution in [0, 0.1) is 5.92 Å². The molecular formula is C12H16ClN3O. The van der Waals surface area contributed by atoms with Gasteiger partial charge >= 0.3 is 0 Å². The van der Waals surface area contributed by atoms with E-state index in [1.165, 1.54) is 0 Å². The maximum atomic E-state index is 12.4. The standard InChI is InChI=1S/C12H16ClN3O/c1-7-2-8-4-14-6-11(8)16(7)12(17)10-3-9(13)5-15-10/h3,5,7-8,11,14-15H,2,4,6H2,1H3. The van der Waals surface area contributed by atoms with E-state index >= 15 is 0 Å². The molecule has 0 aromatic carbocycles. The van der Waals surface area contributed by atoms with E-state index in [0.29, 0.717) is 28.7 Å². The van der Waals surface area contributed by atoms with Crippen molar-refractivity contribution in [1.29, 1.82) is 0 Å². The molecule has 2 aliphatic heterocycles. The van der Waals surface area contributed by atoms with Crippen molar-refractivity contribution in [3.05, 3.63) is 23.0 Å². The minimum absolute atomic E-state index is 0.0700. The number of aromatic nitrogens is 1. The van der Waals surface area contributed by atoms with Crippen molar-refractivity contribution in [2.45, 2.75) is 25.4 Å². The molecule has 0 saturated carbocycles. The summed E-state index contributed by atoms with van der Waals surface area (Å²) in [7, 11) is 0. The Hall–Kier alpha value is -1.00. The molecule has 3 unspecified atom stereocenters. The zero-order valence-electron chi connectivity index (χ0n) is 9.74. The largest absolute Gasteiger partial charge is 0.356 e. The minimum Gasteiger partial charge on any atom is -0.356 e. The highest BCUT2D eigenvalue weighted by Gasteiger charge is 2.44. The van der Waals surface area contributed by atoms with Crippen LogP contribution >= 0.6 is 11.6 Å². The molecule has 0 aliphatic carbocycles. The first kappa shape index (κ1) is 11.1. The van der Waals surface area contributed by atoms with Gasteiger partial charge < -0.3 is 15.2 Å². The molecule has 1 aromatic heterocycles. The van der Waals surface area contributed by atoms with Gasteiger partial charge in [-0.3, -0.25) is 4.79 Å². The van der Waals surface area contributed by atoms with Crippen LogP contribution in [0.25, 0.3) is 0 Å². The van der Waals surface area contributed by atoms with Crippen molar-refractivity contribution in [2.24, 2.45) is 5.92 Å². The molecule has 1 aromatic rings. The first-order chi connectivity index (χ1) is 8.16. The normalized spacial score (nSPS) is 31.9. The van der Waals surface area contributed by atoms with Crippen LogP contribution in [-0.4, -0.2) is 41.0 Å². The Bertz CT molecular complexity index is 445. The predicted molar refractivity (Wildman–Crippen MR) is 66.2 cm³/mol. The molecule has 2 aliphatic rings. The number of fused-ring (bicyclic) bond motifs is 1. The Morgan fingerprint density at radius 2 is 2.35 bits per heavy atom. The molecule has 2 N–H and O–H groups in total. The average Bonchev–Trinajstić information content (AvgIpc) is 2.92. The zero-order valence-corrected chi connectivity index (χ0v) is 10.5. The van der Waals surface area contributed by atoms with Gasteiger partial charge in [0, 0.05) is 31.4 Å². The summed E-state index contributed by atoms with van der Waals surface area (Å²) in [5.41, 5.74) is 0.592. The molecule has 3 atom stereocenters. The van der Waals surface area contributed by atoms with Gasteiger partial charge in [-0.25, -0.2) is 0 Å². The SMILES string of the molecule is CC1CC2CNCC2N1C(=O)c1cc(Cl)c[nH]1. The third-order valence-electron chi connectivity index (χ3n) is 3.89. The molecule has 3 rings (SSSR count). The molecule has 3 heterocycles. The lowest BCUT2D eigenvalue weighted by Crippen LogP contribution is -2.42. The van der Waals surface area contributed by atoms with E-state index < -0.39 is 0 Å². The second-order valence-corrected chi connectivity index (χ2v) is 5.45. The monoisotopic (exact) mass is 253 g/mol. The summed E-state index contributed by atoms with van der Waals surface area (Å²) in [5, 5.41) is 3.94. The highest BCUT2D eigenvalue weighted by atomic mass is 35.5. The summed E-state index contributed by atoms with van der Waals surface area (Å²) in [6.07, 6.45) is 2.75. The molecular weight excluding hydrogens is 238 g/mol. The third-order valence-corrected chi connectivity index (χ3v) is 4.11. The molecule has 1 amide bonds. The van der Waals surface area contributed by atoms with E-state index in [9.17, 15) is 4.79 Å². The first-order valence-corrected chi connectivity index (χ1v) is 6.42. The Morgan fingerprint density at radius 3 is 3.06 bits per heavy atom. The molecule has 17 heavy (non-hydrogen) atoms. The van der Waals surface area contributed by atoms with Crippen LogP contribution in [0.1, 0.15) is 23.8 Å². The Kier molecular flexibility index (Phi) is 2.64. The number of carbonyl (C=O) groups excluding carboxylic acids is 1. The van der Waals surface area contributed by atoms with Gasteiger partial charge in [0.25, 0.3) is 5.91 Å². The number of hydrogen-bond donors (Lipinski definition) is 2. The Balaban J connectivity index is 1.85. The number of nitrogens with one attached hydrogen (secondary N) is 2. The number of halogens is 1. The number of hydrogen-bond acceptors (Lipinski definition) is 2. The van der Waals surface area contributed by atoms with Crippen molar-refractivity contribution in [1.82, 2.24) is 15.2 Å². The van der Waals surface area contributed by atoms with Crippen LogP contribution in [0.3, 0.4) is 0 Å². The number of aromatic amines is 1. The van der Waals surface area contributed by atoms with Gasteiger partial charge in [0.05, 0.1) is 5.02 Å². The van der Waals surface area contributed by atoms with Crippen molar-refractivity contribution < 1.29 is 4.79 Å². The summed E-state index contributed by atoms with van der Waals surface area (Å²) in [4.78, 5) is 17.4. The summed E-state index contributed by atoms with van der Waals surface area (Å²) in [6.45, 7) is 4.07. The summed E-state index contributed by atoms with van der Waals surface area (Å²) >= 11 is 5.84. The maximum absolute atomic E-state index is 12.4. The van der Waals surface area contributed by atoms with Gasteiger partial charge in [0.15, 0.2) is 0 Å². The predicted octanol–water partition coefficient (Wildman–Crippen LogP) is 1.49. The average molecular weight is 254 g/mol. The Labute approximate surface area is 105 Å². The number of rotatable bonds is 1. The van der Waals surface area contributed by atoms with Crippen LogP contribution < -0.4 is 5.32 Å². The van der Waals surface area contributed by atoms with E-state index in [2.05, 4.69) is 17.2 Å². The lowest BCUT2D eigenvalue weighted by Gasteiger charge is -2.27. The van der Waals surface area contributed by atoms with Gasteiger partial charge in [0.2, 0.25) is 0 Å². The lowest BCUT2D eigenvalue weighted by atomic mass is 10.0. The summed E-state index contributed by atoms with van der Waals surface area (Å²) < 4.78 is 0. The fourth-order valence-corrected chi connectivity index (χ4v) is 3.31. The lowest BCUT2D eigenvalue weighted by molar-refractivity contribution is 0.0677. The van der Waals surface area contributed by atoms with Crippen LogP contribution in [0.2, 0.25) is 5.02 Å². The molecule has 2 saturated heterocycles. The van der Waals surface area contributed by atoms with Crippen LogP contribution in [-0.2, 0) is 0 Å². The Morgan fingerprint density at radius 1 is 1.53 bits per heavy atom. The van der Waals surface area contributed by atoms with E-state index in [4.69, 9.17) is 11.6 Å². The first-order valence-electron chi connectivity index (χ1n) is 6.04. The van der Waals surface area contributed by atoms with Crippen molar-refractivity contribution >= 4 is 17.5 Å². The second kappa shape index (κ2) is 4.03. The summed E-state index contributed by atoms with van der Waals surface area (Å²) in [5.74, 6) is 0.681. The topological polar surface area (TPSA) is 48.1 Å². The number of nitrogens with zero attached hydrogens (tertiary/aromatic N) is 1. The number of likely N-dealkylation sites (tertiary alicyclic amines) is 1. The van der Waals surface area contributed by atoms with E-state index in [1.807, 2.05) is 4.90 Å². The second-order valence-electron chi connectivity index (χ2n) is 5.01. The molecule has 92 valence electrons. The molecule has 4 nitrogen and oxygen atoms in total. The number of amides is 1. The van der Waals surface area contributed by atoms with E-state index in [0.717, 1.165) is 19.5 Å². The zero-order chi connectivity index (χ0) is 12.0. The highest BCUT2D eigenvalue weighted by molar-refractivity contribution is 6.30. The smallest absolute Gasteiger partial charge is 0.270 e. The molecule has 0 radical (unpaired) electrons. The quantitative estimate of drug-likeness (QED) is 0.797. The van der Waals surface area contributed by atoms with Gasteiger partial charge in [-0.2, -0.15) is 0 Å². The summed E-state index contributed by atoms with van der Waals surface area (Å²) in [6, 6.07) is 2.37. The van der Waals surface area contributed by atoms with Crippen LogP contribution in [0.5, 0.6) is 0 Å². The minimum atomic E-state index is 0.0700. The number of carbonyl (C=O) groups is 1. The van der Waals surface area contributed by atoms with Gasteiger partial charge in [-0.15, -0.1) is 0 Å². The molecule has 2 fully saturated rings. The highest BCUT2D eigenvalue weighted by Crippen LogP contribution is 2.33. The van der Waals surface area contributed by atoms with Crippen LogP contribution in [0.15, 0.2) is 12.3 Å². The van der Waals surface area contributed by atoms with Crippen LogP contribution in [0.4, 0.5) is 0 Å². The van der Waals surface area contributed by atoms with E-state index in [1.54, 1.807) is 12.3 Å². The van der Waals surface area contributed by atoms with Gasteiger partial charge in [-0.1, -0.05) is 11.6 Å². The molecule has 0 bridgehead atoms. The van der Waals surface area contributed by atoms with E-state index in [-0.39, 0.29) is 5.91 Å². The number of H-pyrrole nitrogens is 1. The fraction of sp³-hybridized carbons (Fsp3) is 0.583. The van der Waals surface area contributed by atoms with Crippen molar-refractivity contribution in [3.8, 4) is 0 Å². The fourth-order valence-electron chi connectivity index (χ4n) is 3.15. The van der Waals surface area contributed by atoms with Gasteiger partial charge in [-0.05, 0) is 25.3 Å².